The van der Waals surface area contributed by atoms with Gasteiger partial charge in [-0.05, 0) is 44.9 Å². The maximum atomic E-state index is 15.3. The Morgan fingerprint density at radius 1 is 1.19 bits per heavy atom. The number of aromatic nitrogens is 3. The zero-order valence-electron chi connectivity index (χ0n) is 20.9. The molecule has 9 nitrogen and oxygen atoms in total. The third-order valence-electron chi connectivity index (χ3n) is 7.34. The molecule has 1 aromatic carbocycles. The first-order valence-electron chi connectivity index (χ1n) is 12.4. The zero-order valence-corrected chi connectivity index (χ0v) is 20.9. The molecule has 192 valence electrons. The monoisotopic (exact) mass is 497 g/mol. The van der Waals surface area contributed by atoms with Crippen LogP contribution in [0.4, 0.5) is 10.2 Å². The fourth-order valence-electron chi connectivity index (χ4n) is 5.38. The summed E-state index contributed by atoms with van der Waals surface area (Å²) in [5.74, 6) is -0.525. The molecule has 0 saturated carbocycles. The number of hydrogen-bond donors (Lipinski definition) is 1. The van der Waals surface area contributed by atoms with Crippen molar-refractivity contribution in [3.63, 3.8) is 0 Å². The summed E-state index contributed by atoms with van der Waals surface area (Å²) in [7, 11) is 1.45. The van der Waals surface area contributed by atoms with E-state index < -0.39 is 17.3 Å². The van der Waals surface area contributed by atoms with Crippen LogP contribution in [0.15, 0.2) is 24.4 Å². The number of rotatable bonds is 7. The molecule has 0 amide bonds. The predicted molar refractivity (Wildman–Crippen MR) is 134 cm³/mol. The number of fused-ring (bicyclic) bond motifs is 1. The number of carboxylic acids is 1. The van der Waals surface area contributed by atoms with E-state index in [0.717, 1.165) is 37.3 Å². The molecule has 2 fully saturated rings. The molecule has 4 heterocycles. The van der Waals surface area contributed by atoms with Crippen molar-refractivity contribution in [3.8, 4) is 17.1 Å². The number of benzene rings is 1. The average molecular weight is 498 g/mol. The maximum Gasteiger partial charge on any atom is 0.338 e. The van der Waals surface area contributed by atoms with Gasteiger partial charge in [-0.3, -0.25) is 4.90 Å². The molecular weight excluding hydrogens is 465 g/mol. The van der Waals surface area contributed by atoms with E-state index in [0.29, 0.717) is 49.7 Å². The van der Waals surface area contributed by atoms with Gasteiger partial charge in [-0.2, -0.15) is 0 Å². The molecular formula is C26H32FN5O4. The van der Waals surface area contributed by atoms with Gasteiger partial charge < -0.3 is 24.0 Å². The van der Waals surface area contributed by atoms with Crippen molar-refractivity contribution in [2.75, 3.05) is 44.9 Å². The molecule has 5 rings (SSSR count). The summed E-state index contributed by atoms with van der Waals surface area (Å²) in [6.45, 7) is 8.64. The van der Waals surface area contributed by atoms with Crippen LogP contribution in [0.1, 0.15) is 37.0 Å². The van der Waals surface area contributed by atoms with E-state index in [4.69, 9.17) is 14.5 Å². The number of methoxy groups -OCH3 is 1. The molecule has 10 heteroatoms. The van der Waals surface area contributed by atoms with Crippen LogP contribution in [-0.2, 0) is 11.3 Å². The van der Waals surface area contributed by atoms with E-state index in [1.807, 2.05) is 16.7 Å². The summed E-state index contributed by atoms with van der Waals surface area (Å²) in [4.78, 5) is 25.6. The number of imidazole rings is 1. The summed E-state index contributed by atoms with van der Waals surface area (Å²) in [5.41, 5.74) is 0.688. The Bertz CT molecular complexity index is 1250. The third-order valence-corrected chi connectivity index (χ3v) is 7.34. The van der Waals surface area contributed by atoms with Crippen LogP contribution < -0.4 is 9.64 Å². The van der Waals surface area contributed by atoms with Gasteiger partial charge in [0.15, 0.2) is 5.82 Å². The number of morpholine rings is 1. The van der Waals surface area contributed by atoms with Gasteiger partial charge in [0.2, 0.25) is 0 Å². The first-order valence-corrected chi connectivity index (χ1v) is 12.4. The molecule has 2 atom stereocenters. The van der Waals surface area contributed by atoms with Crippen molar-refractivity contribution in [1.29, 1.82) is 0 Å². The predicted octanol–water partition coefficient (Wildman–Crippen LogP) is 3.65. The number of carbonyl (C=O) groups is 1. The highest BCUT2D eigenvalue weighted by Gasteiger charge is 2.29. The van der Waals surface area contributed by atoms with Gasteiger partial charge in [-0.15, -0.1) is 0 Å². The number of halogens is 1. The Balaban J connectivity index is 1.59. The van der Waals surface area contributed by atoms with Crippen LogP contribution in [0.5, 0.6) is 5.75 Å². The number of nitrogens with zero attached hydrogens (tertiary/aromatic N) is 5. The van der Waals surface area contributed by atoms with Crippen molar-refractivity contribution < 1.29 is 23.8 Å². The average Bonchev–Trinajstić information content (AvgIpc) is 3.43. The van der Waals surface area contributed by atoms with Gasteiger partial charge in [-0.1, -0.05) is 0 Å². The van der Waals surface area contributed by atoms with E-state index in [2.05, 4.69) is 28.6 Å². The molecule has 2 aromatic heterocycles. The lowest BCUT2D eigenvalue weighted by molar-refractivity contribution is 0.0365. The van der Waals surface area contributed by atoms with Gasteiger partial charge >= 0.3 is 5.97 Å². The maximum absolute atomic E-state index is 15.3. The lowest BCUT2D eigenvalue weighted by atomic mass is 10.1. The lowest BCUT2D eigenvalue weighted by Gasteiger charge is -2.27. The van der Waals surface area contributed by atoms with Gasteiger partial charge in [0, 0.05) is 50.0 Å². The minimum Gasteiger partial charge on any atom is -0.494 e. The smallest absolute Gasteiger partial charge is 0.338 e. The second-order valence-corrected chi connectivity index (χ2v) is 9.57. The van der Waals surface area contributed by atoms with Crippen LogP contribution in [-0.4, -0.2) is 82.6 Å². The number of anilines is 1. The fraction of sp³-hybridized carbons (Fsp3) is 0.500. The van der Waals surface area contributed by atoms with E-state index in [1.54, 1.807) is 6.20 Å². The molecule has 2 aliphatic rings. The van der Waals surface area contributed by atoms with Crippen LogP contribution in [0.3, 0.4) is 0 Å². The highest BCUT2D eigenvalue weighted by molar-refractivity contribution is 5.97. The van der Waals surface area contributed by atoms with Crippen molar-refractivity contribution in [3.05, 3.63) is 35.8 Å². The standard InChI is InChI=1S/C26H32FN5O4/c1-16-4-5-17(2)32(16)21-7-6-18(15-28-21)25-29-23-22(27)19(26(33)34)14-20(35-3)24(23)31(25)9-8-30-10-12-36-13-11-30/h6-7,14-17H,4-5,8-13H2,1-3H3,(H,33,34)/t16-,17-/m0/s1. The van der Waals surface area contributed by atoms with Crippen molar-refractivity contribution in [2.24, 2.45) is 0 Å². The molecule has 0 radical (unpaired) electrons. The first kappa shape index (κ1) is 24.5. The fourth-order valence-corrected chi connectivity index (χ4v) is 5.38. The van der Waals surface area contributed by atoms with E-state index in [9.17, 15) is 9.90 Å². The Hall–Kier alpha value is -3.24. The number of hydrogen-bond acceptors (Lipinski definition) is 7. The molecule has 0 spiro atoms. The van der Waals surface area contributed by atoms with E-state index >= 15 is 4.39 Å². The Morgan fingerprint density at radius 3 is 2.53 bits per heavy atom. The van der Waals surface area contributed by atoms with Crippen molar-refractivity contribution >= 4 is 22.8 Å². The van der Waals surface area contributed by atoms with Crippen LogP contribution in [0.25, 0.3) is 22.4 Å². The highest BCUT2D eigenvalue weighted by atomic mass is 19.1. The Labute approximate surface area is 209 Å². The molecule has 0 bridgehead atoms. The minimum atomic E-state index is -1.36. The van der Waals surface area contributed by atoms with E-state index in [-0.39, 0.29) is 11.3 Å². The SMILES string of the molecule is COc1cc(C(=O)O)c(F)c2nc(-c3ccc(N4[C@@H](C)CC[C@@H]4C)nc3)n(CCN3CCOCC3)c12. The van der Waals surface area contributed by atoms with E-state index in [1.165, 1.54) is 13.2 Å². The third kappa shape index (κ3) is 4.39. The molecule has 3 aromatic rings. The normalized spacial score (nSPS) is 20.8. The molecule has 0 unspecified atom stereocenters. The second-order valence-electron chi connectivity index (χ2n) is 9.57. The molecule has 2 aliphatic heterocycles. The van der Waals surface area contributed by atoms with Gasteiger partial charge in [0.25, 0.3) is 0 Å². The largest absolute Gasteiger partial charge is 0.494 e. The van der Waals surface area contributed by atoms with Crippen LogP contribution in [0, 0.1) is 5.82 Å². The summed E-state index contributed by atoms with van der Waals surface area (Å²) >= 11 is 0. The lowest BCUT2D eigenvalue weighted by Crippen LogP contribution is -2.38. The Morgan fingerprint density at radius 2 is 1.92 bits per heavy atom. The summed E-state index contributed by atoms with van der Waals surface area (Å²) in [6.07, 6.45) is 4.03. The molecule has 1 N–H and O–H groups in total. The first-order chi connectivity index (χ1) is 17.4. The van der Waals surface area contributed by atoms with Gasteiger partial charge in [0.05, 0.1) is 20.3 Å². The minimum absolute atomic E-state index is 0.0189. The van der Waals surface area contributed by atoms with Gasteiger partial charge in [0.1, 0.15) is 34.0 Å². The topological polar surface area (TPSA) is 93.0 Å². The quantitative estimate of drug-likeness (QED) is 0.529. The molecule has 36 heavy (non-hydrogen) atoms. The number of pyridine rings is 1. The summed E-state index contributed by atoms with van der Waals surface area (Å²) in [6, 6.07) is 6.01. The van der Waals surface area contributed by atoms with Crippen LogP contribution in [0.2, 0.25) is 0 Å². The summed E-state index contributed by atoms with van der Waals surface area (Å²) < 4.78 is 28.2. The highest BCUT2D eigenvalue weighted by Crippen LogP contribution is 2.36. The molecule has 0 aliphatic carbocycles. The van der Waals surface area contributed by atoms with Crippen LogP contribution >= 0.6 is 0 Å². The number of ether oxygens (including phenoxy) is 2. The molecule has 2 saturated heterocycles. The number of aromatic carboxylic acids is 1. The summed E-state index contributed by atoms with van der Waals surface area (Å²) in [5, 5.41) is 9.53. The second kappa shape index (κ2) is 10.0. The van der Waals surface area contributed by atoms with Gasteiger partial charge in [-0.25, -0.2) is 19.2 Å². The number of carboxylic acid groups (broad SMARTS) is 1. The van der Waals surface area contributed by atoms with Crippen molar-refractivity contribution in [1.82, 2.24) is 19.4 Å². The zero-order chi connectivity index (χ0) is 25.4. The van der Waals surface area contributed by atoms with Crippen molar-refractivity contribution in [2.45, 2.75) is 45.3 Å². The Kier molecular flexibility index (Phi) is 6.81.